The van der Waals surface area contributed by atoms with Crippen LogP contribution in [-0.4, -0.2) is 19.2 Å². The Morgan fingerprint density at radius 3 is 2.65 bits per heavy atom. The number of anilines is 1. The molecular weight excluding hydrogens is 335 g/mol. The molecule has 2 aromatic rings. The van der Waals surface area contributed by atoms with Crippen LogP contribution < -0.4 is 20.5 Å². The SMILES string of the molecule is CCOc1ccc(OCC)c(NC(N)=NCc2cc(C#N)ccc2F)c1. The Balaban J connectivity index is 2.18. The third-order valence-electron chi connectivity index (χ3n) is 3.42. The number of nitrogens with two attached hydrogens (primary N) is 1. The zero-order valence-corrected chi connectivity index (χ0v) is 14.8. The van der Waals surface area contributed by atoms with Crippen LogP contribution in [0, 0.1) is 17.1 Å². The first-order valence-electron chi connectivity index (χ1n) is 8.22. The van der Waals surface area contributed by atoms with E-state index in [1.54, 1.807) is 18.2 Å². The van der Waals surface area contributed by atoms with Crippen LogP contribution in [0.2, 0.25) is 0 Å². The number of ether oxygens (including phenoxy) is 2. The first kappa shape index (κ1) is 19.1. The van der Waals surface area contributed by atoms with Gasteiger partial charge in [0.25, 0.3) is 0 Å². The fourth-order valence-corrected chi connectivity index (χ4v) is 2.26. The van der Waals surface area contributed by atoms with Gasteiger partial charge in [-0.15, -0.1) is 0 Å². The molecule has 3 N–H and O–H groups in total. The molecule has 0 spiro atoms. The molecule has 0 aromatic heterocycles. The third-order valence-corrected chi connectivity index (χ3v) is 3.42. The van der Waals surface area contributed by atoms with E-state index in [1.807, 2.05) is 19.9 Å². The van der Waals surface area contributed by atoms with E-state index in [0.717, 1.165) is 0 Å². The van der Waals surface area contributed by atoms with Crippen molar-refractivity contribution in [1.29, 1.82) is 5.26 Å². The van der Waals surface area contributed by atoms with Crippen LogP contribution >= 0.6 is 0 Å². The molecular formula is C19H21FN4O2. The number of aliphatic imine (C=N–C) groups is 1. The molecule has 0 saturated heterocycles. The lowest BCUT2D eigenvalue weighted by Crippen LogP contribution is -2.23. The van der Waals surface area contributed by atoms with Gasteiger partial charge in [-0.2, -0.15) is 5.26 Å². The quantitative estimate of drug-likeness (QED) is 0.586. The van der Waals surface area contributed by atoms with Gasteiger partial charge in [0.05, 0.1) is 37.1 Å². The second kappa shape index (κ2) is 9.28. The molecule has 0 aliphatic carbocycles. The number of hydrogen-bond donors (Lipinski definition) is 2. The highest BCUT2D eigenvalue weighted by Gasteiger charge is 2.08. The van der Waals surface area contributed by atoms with Gasteiger partial charge in [0.2, 0.25) is 0 Å². The lowest BCUT2D eigenvalue weighted by atomic mass is 10.1. The van der Waals surface area contributed by atoms with Crippen molar-refractivity contribution in [2.24, 2.45) is 10.7 Å². The second-order valence-electron chi connectivity index (χ2n) is 5.27. The average molecular weight is 356 g/mol. The van der Waals surface area contributed by atoms with E-state index in [-0.39, 0.29) is 12.5 Å². The average Bonchev–Trinajstić information content (AvgIpc) is 2.63. The monoisotopic (exact) mass is 356 g/mol. The Bertz CT molecular complexity index is 831. The first-order chi connectivity index (χ1) is 12.6. The van der Waals surface area contributed by atoms with Crippen LogP contribution in [0.25, 0.3) is 0 Å². The molecule has 0 saturated carbocycles. The van der Waals surface area contributed by atoms with Crippen LogP contribution in [0.5, 0.6) is 11.5 Å². The van der Waals surface area contributed by atoms with Crippen molar-refractivity contribution in [1.82, 2.24) is 0 Å². The molecule has 136 valence electrons. The molecule has 0 aliphatic rings. The van der Waals surface area contributed by atoms with Gasteiger partial charge >= 0.3 is 0 Å². The summed E-state index contributed by atoms with van der Waals surface area (Å²) in [5, 5.41) is 11.9. The minimum atomic E-state index is -0.436. The molecule has 0 unspecified atom stereocenters. The Labute approximate surface area is 152 Å². The number of benzene rings is 2. The fourth-order valence-electron chi connectivity index (χ4n) is 2.26. The van der Waals surface area contributed by atoms with Gasteiger partial charge in [-0.25, -0.2) is 9.38 Å². The topological polar surface area (TPSA) is 92.7 Å². The van der Waals surface area contributed by atoms with E-state index in [2.05, 4.69) is 10.3 Å². The minimum Gasteiger partial charge on any atom is -0.494 e. The van der Waals surface area contributed by atoms with E-state index < -0.39 is 5.82 Å². The summed E-state index contributed by atoms with van der Waals surface area (Å²) in [6.45, 7) is 4.80. The first-order valence-corrected chi connectivity index (χ1v) is 8.22. The minimum absolute atomic E-state index is 0.00923. The Hall–Kier alpha value is -3.27. The molecule has 26 heavy (non-hydrogen) atoms. The maximum atomic E-state index is 13.8. The summed E-state index contributed by atoms with van der Waals surface area (Å²) >= 11 is 0. The Kier molecular flexibility index (Phi) is 6.80. The van der Waals surface area contributed by atoms with Gasteiger partial charge in [0.1, 0.15) is 17.3 Å². The van der Waals surface area contributed by atoms with Crippen molar-refractivity contribution in [3.8, 4) is 17.6 Å². The van der Waals surface area contributed by atoms with Gasteiger partial charge < -0.3 is 20.5 Å². The highest BCUT2D eigenvalue weighted by Crippen LogP contribution is 2.29. The Morgan fingerprint density at radius 1 is 1.19 bits per heavy atom. The number of guanidine groups is 1. The standard InChI is InChI=1S/C19H21FN4O2/c1-3-25-15-6-8-18(26-4-2)17(10-15)24-19(22)23-12-14-9-13(11-21)5-7-16(14)20/h5-10H,3-4,12H2,1-2H3,(H3,22,23,24). The van der Waals surface area contributed by atoms with Gasteiger partial charge in [-0.3, -0.25) is 0 Å². The van der Waals surface area contributed by atoms with Crippen LogP contribution in [0.4, 0.5) is 10.1 Å². The molecule has 0 bridgehead atoms. The molecule has 0 amide bonds. The predicted molar refractivity (Wildman–Crippen MR) is 98.8 cm³/mol. The summed E-state index contributed by atoms with van der Waals surface area (Å²) in [6.07, 6.45) is 0. The number of nitrogens with zero attached hydrogens (tertiary/aromatic N) is 2. The number of nitriles is 1. The van der Waals surface area contributed by atoms with Crippen LogP contribution in [0.3, 0.4) is 0 Å². The predicted octanol–water partition coefficient (Wildman–Crippen LogP) is 3.42. The summed E-state index contributed by atoms with van der Waals surface area (Å²) in [6, 6.07) is 11.4. The number of rotatable bonds is 7. The van der Waals surface area contributed by atoms with E-state index in [4.69, 9.17) is 20.5 Å². The largest absolute Gasteiger partial charge is 0.494 e. The summed E-state index contributed by atoms with van der Waals surface area (Å²) in [5.74, 6) is 0.932. The third kappa shape index (κ3) is 5.11. The van der Waals surface area contributed by atoms with E-state index in [0.29, 0.717) is 41.5 Å². The van der Waals surface area contributed by atoms with Gasteiger partial charge in [-0.1, -0.05) is 0 Å². The summed E-state index contributed by atoms with van der Waals surface area (Å²) in [5.41, 5.74) is 7.18. The fraction of sp³-hybridized carbons (Fsp3) is 0.263. The van der Waals surface area contributed by atoms with E-state index in [1.165, 1.54) is 18.2 Å². The van der Waals surface area contributed by atoms with E-state index >= 15 is 0 Å². The number of halogens is 1. The molecule has 2 aromatic carbocycles. The van der Waals surface area contributed by atoms with Crippen molar-refractivity contribution in [2.75, 3.05) is 18.5 Å². The highest BCUT2D eigenvalue weighted by atomic mass is 19.1. The zero-order chi connectivity index (χ0) is 18.9. The zero-order valence-electron chi connectivity index (χ0n) is 14.8. The van der Waals surface area contributed by atoms with Crippen molar-refractivity contribution in [3.05, 3.63) is 53.3 Å². The lowest BCUT2D eigenvalue weighted by Gasteiger charge is -2.14. The molecule has 0 atom stereocenters. The van der Waals surface area contributed by atoms with E-state index in [9.17, 15) is 4.39 Å². The normalized spacial score (nSPS) is 10.9. The number of hydrogen-bond acceptors (Lipinski definition) is 4. The maximum absolute atomic E-state index is 13.8. The molecule has 2 rings (SSSR count). The Morgan fingerprint density at radius 2 is 1.96 bits per heavy atom. The number of nitrogens with one attached hydrogen (secondary N) is 1. The van der Waals surface area contributed by atoms with Gasteiger partial charge in [0, 0.05) is 11.6 Å². The van der Waals surface area contributed by atoms with Crippen molar-refractivity contribution in [2.45, 2.75) is 20.4 Å². The molecule has 0 fully saturated rings. The van der Waals surface area contributed by atoms with Crippen LogP contribution in [-0.2, 0) is 6.54 Å². The molecule has 6 nitrogen and oxygen atoms in total. The highest BCUT2D eigenvalue weighted by molar-refractivity contribution is 5.94. The summed E-state index contributed by atoms with van der Waals surface area (Å²) in [4.78, 5) is 4.14. The lowest BCUT2D eigenvalue weighted by molar-refractivity contribution is 0.332. The maximum Gasteiger partial charge on any atom is 0.193 e. The second-order valence-corrected chi connectivity index (χ2v) is 5.27. The molecule has 0 aliphatic heterocycles. The smallest absolute Gasteiger partial charge is 0.193 e. The van der Waals surface area contributed by atoms with Crippen LogP contribution in [0.1, 0.15) is 25.0 Å². The van der Waals surface area contributed by atoms with Gasteiger partial charge in [0.15, 0.2) is 5.96 Å². The van der Waals surface area contributed by atoms with Crippen LogP contribution in [0.15, 0.2) is 41.4 Å². The van der Waals surface area contributed by atoms with Crippen molar-refractivity contribution >= 4 is 11.6 Å². The summed E-state index contributed by atoms with van der Waals surface area (Å²) in [7, 11) is 0. The van der Waals surface area contributed by atoms with Crippen molar-refractivity contribution < 1.29 is 13.9 Å². The molecule has 0 radical (unpaired) electrons. The van der Waals surface area contributed by atoms with Gasteiger partial charge in [-0.05, 0) is 44.2 Å². The summed E-state index contributed by atoms with van der Waals surface area (Å²) < 4.78 is 24.8. The van der Waals surface area contributed by atoms with Crippen molar-refractivity contribution in [3.63, 3.8) is 0 Å². The molecule has 0 heterocycles. The molecule has 7 heteroatoms.